The first-order valence-electron chi connectivity index (χ1n) is 6.35. The van der Waals surface area contributed by atoms with Crippen molar-refractivity contribution < 1.29 is 0 Å². The molecule has 0 atom stereocenters. The minimum Gasteiger partial charge on any atom is -0.0764 e. The Kier molecular flexibility index (Phi) is 5.31. The first kappa shape index (κ1) is 13.0. The molecule has 0 aromatic heterocycles. The molecule has 0 heteroatoms. The van der Waals surface area contributed by atoms with Crippen molar-refractivity contribution in [3.8, 4) is 0 Å². The van der Waals surface area contributed by atoms with Crippen molar-refractivity contribution in [1.82, 2.24) is 0 Å². The lowest BCUT2D eigenvalue weighted by Crippen LogP contribution is -2.24. The SMILES string of the molecule is CC(C)CC=c1ccccc1=CCC(C)C. The van der Waals surface area contributed by atoms with Gasteiger partial charge in [-0.25, -0.2) is 0 Å². The molecule has 0 bridgehead atoms. The quantitative estimate of drug-likeness (QED) is 0.724. The summed E-state index contributed by atoms with van der Waals surface area (Å²) in [6.45, 7) is 9.04. The third kappa shape index (κ3) is 4.65. The van der Waals surface area contributed by atoms with Gasteiger partial charge in [-0.1, -0.05) is 64.1 Å². The lowest BCUT2D eigenvalue weighted by Gasteiger charge is -1.99. The summed E-state index contributed by atoms with van der Waals surface area (Å²) in [7, 11) is 0. The zero-order valence-corrected chi connectivity index (χ0v) is 11.0. The average molecular weight is 216 g/mol. The molecule has 0 aliphatic heterocycles. The van der Waals surface area contributed by atoms with Gasteiger partial charge in [0.2, 0.25) is 0 Å². The molecule has 0 N–H and O–H groups in total. The van der Waals surface area contributed by atoms with Gasteiger partial charge in [-0.2, -0.15) is 0 Å². The minimum absolute atomic E-state index is 0.734. The normalized spacial score (nSPS) is 14.1. The molecule has 0 nitrogen and oxygen atoms in total. The van der Waals surface area contributed by atoms with E-state index in [9.17, 15) is 0 Å². The summed E-state index contributed by atoms with van der Waals surface area (Å²) in [5.74, 6) is 1.47. The Morgan fingerprint density at radius 3 is 1.50 bits per heavy atom. The lowest BCUT2D eigenvalue weighted by atomic mass is 10.1. The Bertz CT molecular complexity index is 369. The van der Waals surface area contributed by atoms with Gasteiger partial charge in [0.1, 0.15) is 0 Å². The Morgan fingerprint density at radius 1 is 0.812 bits per heavy atom. The predicted octanol–water partition coefficient (Wildman–Crippen LogP) is 3.34. The lowest BCUT2D eigenvalue weighted by molar-refractivity contribution is 0.679. The first-order chi connectivity index (χ1) is 7.59. The fourth-order valence-corrected chi connectivity index (χ4v) is 1.61. The molecule has 0 aliphatic carbocycles. The molecule has 88 valence electrons. The van der Waals surface area contributed by atoms with Crippen LogP contribution in [0.5, 0.6) is 0 Å². The third-order valence-corrected chi connectivity index (χ3v) is 2.61. The second kappa shape index (κ2) is 6.52. The van der Waals surface area contributed by atoms with Crippen LogP contribution in [0.2, 0.25) is 0 Å². The highest BCUT2D eigenvalue weighted by Gasteiger charge is 1.91. The molecule has 0 saturated carbocycles. The molecule has 0 amide bonds. The van der Waals surface area contributed by atoms with Crippen LogP contribution in [0.1, 0.15) is 40.5 Å². The largest absolute Gasteiger partial charge is 0.0764 e. The standard InChI is InChI=1S/C16H24/c1-13(2)9-11-15-7-5-6-8-16(15)12-10-14(3)4/h5-8,11-14H,9-10H2,1-4H3. The fourth-order valence-electron chi connectivity index (χ4n) is 1.61. The van der Waals surface area contributed by atoms with Crippen LogP contribution >= 0.6 is 0 Å². The summed E-state index contributed by atoms with van der Waals surface area (Å²) >= 11 is 0. The number of hydrogen-bond donors (Lipinski definition) is 0. The highest BCUT2D eigenvalue weighted by atomic mass is 14.0. The maximum atomic E-state index is 2.36. The predicted molar refractivity (Wildman–Crippen MR) is 73.5 cm³/mol. The number of rotatable bonds is 4. The second-order valence-electron chi connectivity index (χ2n) is 5.30. The third-order valence-electron chi connectivity index (χ3n) is 2.61. The molecular formula is C16H24. The Balaban J connectivity index is 3.00. The molecule has 0 heterocycles. The van der Waals surface area contributed by atoms with E-state index < -0.39 is 0 Å². The Hall–Kier alpha value is -1.04. The van der Waals surface area contributed by atoms with E-state index in [-0.39, 0.29) is 0 Å². The van der Waals surface area contributed by atoms with Gasteiger partial charge in [0, 0.05) is 0 Å². The van der Waals surface area contributed by atoms with Crippen LogP contribution in [0.4, 0.5) is 0 Å². The van der Waals surface area contributed by atoms with Crippen molar-refractivity contribution in [1.29, 1.82) is 0 Å². The maximum Gasteiger partial charge on any atom is -0.0227 e. The fraction of sp³-hybridized carbons (Fsp3) is 0.500. The van der Waals surface area contributed by atoms with Gasteiger partial charge in [-0.15, -0.1) is 0 Å². The molecular weight excluding hydrogens is 192 g/mol. The monoisotopic (exact) mass is 216 g/mol. The van der Waals surface area contributed by atoms with Crippen LogP contribution in [0.3, 0.4) is 0 Å². The van der Waals surface area contributed by atoms with Crippen molar-refractivity contribution in [3.05, 3.63) is 34.7 Å². The van der Waals surface area contributed by atoms with Crippen LogP contribution in [-0.4, -0.2) is 0 Å². The van der Waals surface area contributed by atoms with Crippen molar-refractivity contribution in [2.45, 2.75) is 40.5 Å². The molecule has 16 heavy (non-hydrogen) atoms. The summed E-state index contributed by atoms with van der Waals surface area (Å²) in [5.41, 5.74) is 0. The van der Waals surface area contributed by atoms with E-state index in [0.29, 0.717) is 0 Å². The van der Waals surface area contributed by atoms with Crippen molar-refractivity contribution in [2.24, 2.45) is 11.8 Å². The van der Waals surface area contributed by atoms with Crippen LogP contribution in [0.15, 0.2) is 24.3 Å². The van der Waals surface area contributed by atoms with E-state index in [1.54, 1.807) is 0 Å². The van der Waals surface area contributed by atoms with Crippen molar-refractivity contribution in [2.75, 3.05) is 0 Å². The molecule has 0 unspecified atom stereocenters. The summed E-state index contributed by atoms with van der Waals surface area (Å²) < 4.78 is 0. The number of benzene rings is 1. The minimum atomic E-state index is 0.734. The van der Waals surface area contributed by atoms with E-state index in [0.717, 1.165) is 24.7 Å². The molecule has 0 fully saturated rings. The summed E-state index contributed by atoms with van der Waals surface area (Å²) in [5, 5.41) is 2.77. The van der Waals surface area contributed by atoms with E-state index in [2.05, 4.69) is 64.1 Å². The van der Waals surface area contributed by atoms with Gasteiger partial charge < -0.3 is 0 Å². The smallest absolute Gasteiger partial charge is 0.0227 e. The molecule has 1 rings (SSSR count). The molecule has 1 aromatic rings. The van der Waals surface area contributed by atoms with Crippen LogP contribution in [0.25, 0.3) is 12.2 Å². The first-order valence-corrected chi connectivity index (χ1v) is 6.35. The Morgan fingerprint density at radius 2 is 1.19 bits per heavy atom. The Labute approximate surface area is 99.7 Å². The van der Waals surface area contributed by atoms with E-state index in [1.165, 1.54) is 10.4 Å². The van der Waals surface area contributed by atoms with Gasteiger partial charge in [-0.05, 0) is 35.1 Å². The molecule has 1 aromatic carbocycles. The summed E-state index contributed by atoms with van der Waals surface area (Å²) in [4.78, 5) is 0. The van der Waals surface area contributed by atoms with Crippen LogP contribution in [0, 0.1) is 11.8 Å². The highest BCUT2D eigenvalue weighted by Crippen LogP contribution is 2.00. The average Bonchev–Trinajstić information content (AvgIpc) is 2.24. The summed E-state index contributed by atoms with van der Waals surface area (Å²) in [6.07, 6.45) is 7.03. The van der Waals surface area contributed by atoms with Gasteiger partial charge >= 0.3 is 0 Å². The maximum absolute atomic E-state index is 2.36. The molecule has 0 saturated heterocycles. The van der Waals surface area contributed by atoms with E-state index in [1.807, 2.05) is 0 Å². The van der Waals surface area contributed by atoms with Crippen molar-refractivity contribution >= 4 is 12.2 Å². The van der Waals surface area contributed by atoms with Gasteiger partial charge in [0.05, 0.1) is 0 Å². The molecule has 0 spiro atoms. The van der Waals surface area contributed by atoms with Gasteiger partial charge in [0.15, 0.2) is 0 Å². The second-order valence-corrected chi connectivity index (χ2v) is 5.30. The summed E-state index contributed by atoms with van der Waals surface area (Å²) in [6, 6.07) is 8.68. The van der Waals surface area contributed by atoms with E-state index in [4.69, 9.17) is 0 Å². The molecule has 0 radical (unpaired) electrons. The zero-order chi connectivity index (χ0) is 12.0. The molecule has 0 aliphatic rings. The van der Waals surface area contributed by atoms with Gasteiger partial charge in [-0.3, -0.25) is 0 Å². The topological polar surface area (TPSA) is 0 Å². The number of hydrogen-bond acceptors (Lipinski definition) is 0. The van der Waals surface area contributed by atoms with Crippen LogP contribution < -0.4 is 10.4 Å². The highest BCUT2D eigenvalue weighted by molar-refractivity contribution is 5.31. The van der Waals surface area contributed by atoms with Gasteiger partial charge in [0.25, 0.3) is 0 Å². The van der Waals surface area contributed by atoms with Crippen molar-refractivity contribution in [3.63, 3.8) is 0 Å². The van der Waals surface area contributed by atoms with Crippen LogP contribution in [-0.2, 0) is 0 Å². The zero-order valence-electron chi connectivity index (χ0n) is 11.0. The van der Waals surface area contributed by atoms with E-state index >= 15 is 0 Å².